The third-order valence-corrected chi connectivity index (χ3v) is 5.33. The van der Waals surface area contributed by atoms with Crippen molar-refractivity contribution >= 4 is 11.3 Å². The normalized spacial score (nSPS) is 17.4. The summed E-state index contributed by atoms with van der Waals surface area (Å²) in [5.41, 5.74) is 2.92. The topological polar surface area (TPSA) is 42.2 Å². The van der Waals surface area contributed by atoms with Gasteiger partial charge >= 0.3 is 0 Å². The Balaban J connectivity index is 1.52. The van der Waals surface area contributed by atoms with Crippen LogP contribution in [0.25, 0.3) is 10.7 Å². The van der Waals surface area contributed by atoms with Gasteiger partial charge in [0.25, 0.3) is 0 Å². The van der Waals surface area contributed by atoms with E-state index in [2.05, 4.69) is 46.4 Å². The van der Waals surface area contributed by atoms with Gasteiger partial charge in [-0.25, -0.2) is 0 Å². The molecule has 0 radical (unpaired) electrons. The van der Waals surface area contributed by atoms with Crippen LogP contribution in [-0.4, -0.2) is 22.1 Å². The summed E-state index contributed by atoms with van der Waals surface area (Å²) in [4.78, 5) is 7.90. The lowest BCUT2D eigenvalue weighted by Gasteiger charge is -2.32. The summed E-state index contributed by atoms with van der Waals surface area (Å²) in [6.45, 7) is 0.678. The van der Waals surface area contributed by atoms with Gasteiger partial charge in [-0.05, 0) is 48.9 Å². The number of hydrogen-bond acceptors (Lipinski definition) is 5. The van der Waals surface area contributed by atoms with Gasteiger partial charge in [-0.2, -0.15) is 4.98 Å². The number of hydrogen-bond donors (Lipinski definition) is 0. The summed E-state index contributed by atoms with van der Waals surface area (Å²) in [7, 11) is 2.14. The van der Waals surface area contributed by atoms with Crippen molar-refractivity contribution in [1.82, 2.24) is 15.0 Å². The molecule has 4 rings (SSSR count). The Bertz CT molecular complexity index is 781. The Morgan fingerprint density at radius 1 is 1.26 bits per heavy atom. The molecule has 0 amide bonds. The number of aromatic nitrogens is 2. The van der Waals surface area contributed by atoms with Gasteiger partial charge in [0.2, 0.25) is 11.7 Å². The lowest BCUT2D eigenvalue weighted by Crippen LogP contribution is -2.27. The van der Waals surface area contributed by atoms with Crippen LogP contribution >= 0.6 is 11.3 Å². The molecule has 0 N–H and O–H groups in total. The Labute approximate surface area is 139 Å². The molecule has 0 aliphatic heterocycles. The third kappa shape index (κ3) is 2.94. The third-order valence-electron chi connectivity index (χ3n) is 4.46. The van der Waals surface area contributed by atoms with Crippen LogP contribution in [0.4, 0.5) is 0 Å². The van der Waals surface area contributed by atoms with E-state index in [4.69, 9.17) is 4.52 Å². The molecular formula is C18H19N3OS. The summed E-state index contributed by atoms with van der Waals surface area (Å²) in [6.07, 6.45) is 3.60. The summed E-state index contributed by atoms with van der Waals surface area (Å²) >= 11 is 1.63. The van der Waals surface area contributed by atoms with Gasteiger partial charge in [-0.15, -0.1) is 11.3 Å². The minimum Gasteiger partial charge on any atom is -0.338 e. The van der Waals surface area contributed by atoms with Gasteiger partial charge in [-0.1, -0.05) is 35.5 Å². The van der Waals surface area contributed by atoms with Crippen molar-refractivity contribution in [2.45, 2.75) is 31.8 Å². The Morgan fingerprint density at radius 3 is 3.04 bits per heavy atom. The molecule has 0 bridgehead atoms. The molecule has 118 valence electrons. The van der Waals surface area contributed by atoms with Crippen LogP contribution in [-0.2, 0) is 13.0 Å². The van der Waals surface area contributed by atoms with E-state index in [-0.39, 0.29) is 0 Å². The fraction of sp³-hybridized carbons (Fsp3) is 0.333. The molecule has 1 aromatic carbocycles. The van der Waals surface area contributed by atoms with E-state index in [1.165, 1.54) is 30.4 Å². The van der Waals surface area contributed by atoms with E-state index >= 15 is 0 Å². The zero-order valence-electron chi connectivity index (χ0n) is 13.1. The van der Waals surface area contributed by atoms with Gasteiger partial charge in [0.1, 0.15) is 0 Å². The average Bonchev–Trinajstić information content (AvgIpc) is 3.25. The van der Waals surface area contributed by atoms with Crippen molar-refractivity contribution in [3.05, 3.63) is 58.8 Å². The van der Waals surface area contributed by atoms with E-state index < -0.39 is 0 Å². The Kier molecular flexibility index (Phi) is 3.97. The van der Waals surface area contributed by atoms with Crippen LogP contribution in [0.3, 0.4) is 0 Å². The maximum absolute atomic E-state index is 5.44. The van der Waals surface area contributed by atoms with E-state index in [0.717, 1.165) is 4.88 Å². The minimum atomic E-state index is 0.428. The fourth-order valence-electron chi connectivity index (χ4n) is 3.33. The SMILES string of the molecule is CN(Cc1nc(-c2cccs2)no1)C1CCCc2ccccc21. The first kappa shape index (κ1) is 14.6. The maximum atomic E-state index is 5.44. The summed E-state index contributed by atoms with van der Waals surface area (Å²) < 4.78 is 5.44. The van der Waals surface area contributed by atoms with Crippen LogP contribution in [0.5, 0.6) is 0 Å². The molecule has 0 saturated heterocycles. The molecule has 0 fully saturated rings. The molecular weight excluding hydrogens is 306 g/mol. The van der Waals surface area contributed by atoms with Gasteiger partial charge in [0.15, 0.2) is 0 Å². The first-order valence-electron chi connectivity index (χ1n) is 7.96. The number of nitrogens with zero attached hydrogens (tertiary/aromatic N) is 3. The van der Waals surface area contributed by atoms with Crippen molar-refractivity contribution in [3.63, 3.8) is 0 Å². The lowest BCUT2D eigenvalue weighted by atomic mass is 9.87. The van der Waals surface area contributed by atoms with Crippen LogP contribution < -0.4 is 0 Å². The number of thiophene rings is 1. The zero-order chi connectivity index (χ0) is 15.6. The van der Waals surface area contributed by atoms with Crippen molar-refractivity contribution in [2.75, 3.05) is 7.05 Å². The lowest BCUT2D eigenvalue weighted by molar-refractivity contribution is 0.187. The number of aryl methyl sites for hydroxylation is 1. The van der Waals surface area contributed by atoms with Crippen molar-refractivity contribution in [2.24, 2.45) is 0 Å². The van der Waals surface area contributed by atoms with Crippen molar-refractivity contribution in [1.29, 1.82) is 0 Å². The molecule has 1 atom stereocenters. The number of rotatable bonds is 4. The highest BCUT2D eigenvalue weighted by atomic mass is 32.1. The average molecular weight is 325 g/mol. The van der Waals surface area contributed by atoms with Gasteiger partial charge in [-0.3, -0.25) is 4.90 Å². The predicted octanol–water partition coefficient (Wildman–Crippen LogP) is 4.31. The highest BCUT2D eigenvalue weighted by Gasteiger charge is 2.24. The fourth-order valence-corrected chi connectivity index (χ4v) is 3.98. The quantitative estimate of drug-likeness (QED) is 0.717. The first-order valence-corrected chi connectivity index (χ1v) is 8.84. The van der Waals surface area contributed by atoms with Crippen LogP contribution in [0.2, 0.25) is 0 Å². The second kappa shape index (κ2) is 6.26. The Hall–Kier alpha value is -1.98. The first-order chi connectivity index (χ1) is 11.3. The molecule has 1 aliphatic rings. The van der Waals surface area contributed by atoms with Gasteiger partial charge in [0, 0.05) is 6.04 Å². The van der Waals surface area contributed by atoms with Crippen LogP contribution in [0.1, 0.15) is 35.9 Å². The number of benzene rings is 1. The van der Waals surface area contributed by atoms with Crippen molar-refractivity contribution < 1.29 is 4.52 Å². The van der Waals surface area contributed by atoms with Crippen LogP contribution in [0, 0.1) is 0 Å². The molecule has 2 heterocycles. The molecule has 3 aromatic rings. The molecule has 0 saturated carbocycles. The molecule has 0 spiro atoms. The molecule has 4 nitrogen and oxygen atoms in total. The smallest absolute Gasteiger partial charge is 0.241 e. The summed E-state index contributed by atoms with van der Waals surface area (Å²) in [6, 6.07) is 13.2. The van der Waals surface area contributed by atoms with E-state index in [0.29, 0.717) is 24.3 Å². The Morgan fingerprint density at radius 2 is 2.17 bits per heavy atom. The van der Waals surface area contributed by atoms with Gasteiger partial charge < -0.3 is 4.52 Å². The van der Waals surface area contributed by atoms with E-state index in [1.54, 1.807) is 11.3 Å². The molecule has 5 heteroatoms. The molecule has 23 heavy (non-hydrogen) atoms. The minimum absolute atomic E-state index is 0.428. The predicted molar refractivity (Wildman–Crippen MR) is 91.2 cm³/mol. The maximum Gasteiger partial charge on any atom is 0.241 e. The largest absolute Gasteiger partial charge is 0.338 e. The van der Waals surface area contributed by atoms with Crippen molar-refractivity contribution in [3.8, 4) is 10.7 Å². The number of fused-ring (bicyclic) bond motifs is 1. The summed E-state index contributed by atoms with van der Waals surface area (Å²) in [5.74, 6) is 1.37. The molecule has 2 aromatic heterocycles. The zero-order valence-corrected chi connectivity index (χ0v) is 13.9. The highest BCUT2D eigenvalue weighted by Crippen LogP contribution is 2.34. The van der Waals surface area contributed by atoms with Gasteiger partial charge in [0.05, 0.1) is 11.4 Å². The van der Waals surface area contributed by atoms with Crippen LogP contribution in [0.15, 0.2) is 46.3 Å². The second-order valence-electron chi connectivity index (χ2n) is 6.01. The highest BCUT2D eigenvalue weighted by molar-refractivity contribution is 7.13. The molecule has 1 aliphatic carbocycles. The van der Waals surface area contributed by atoms with E-state index in [9.17, 15) is 0 Å². The summed E-state index contributed by atoms with van der Waals surface area (Å²) in [5, 5.41) is 6.12. The second-order valence-corrected chi connectivity index (χ2v) is 6.96. The van der Waals surface area contributed by atoms with E-state index in [1.807, 2.05) is 17.5 Å². The molecule has 1 unspecified atom stereocenters. The monoisotopic (exact) mass is 325 g/mol. The standard InChI is InChI=1S/C18H19N3OS/c1-21(15-9-4-7-13-6-2-3-8-14(13)15)12-17-19-18(20-22-17)16-10-5-11-23-16/h2-3,5-6,8,10-11,15H,4,7,9,12H2,1H3.